The molecule has 1 atom stereocenters. The van der Waals surface area contributed by atoms with Gasteiger partial charge >= 0.3 is 0 Å². The first-order chi connectivity index (χ1) is 17.5. The Balaban J connectivity index is 1.64. The average Bonchev–Trinajstić information content (AvgIpc) is 3.32. The fourth-order valence-electron chi connectivity index (χ4n) is 3.89. The van der Waals surface area contributed by atoms with Gasteiger partial charge in [-0.1, -0.05) is 70.5 Å². The van der Waals surface area contributed by atoms with Crippen molar-refractivity contribution in [1.29, 1.82) is 0 Å². The molecular formula is C28H27BrN4O3. The van der Waals surface area contributed by atoms with Crippen LogP contribution in [0.25, 0.3) is 11.3 Å². The molecule has 2 amide bonds. The molecule has 0 aliphatic rings. The van der Waals surface area contributed by atoms with E-state index in [-0.39, 0.29) is 11.8 Å². The van der Waals surface area contributed by atoms with Gasteiger partial charge in [0.05, 0.1) is 19.3 Å². The van der Waals surface area contributed by atoms with E-state index in [0.717, 1.165) is 26.9 Å². The van der Waals surface area contributed by atoms with Crippen LogP contribution in [0.3, 0.4) is 0 Å². The number of amides is 2. The van der Waals surface area contributed by atoms with E-state index in [2.05, 4.69) is 26.6 Å². The van der Waals surface area contributed by atoms with Crippen LogP contribution in [0, 0.1) is 0 Å². The maximum absolute atomic E-state index is 13.5. The molecule has 0 spiro atoms. The first-order valence-corrected chi connectivity index (χ1v) is 12.3. The highest BCUT2D eigenvalue weighted by molar-refractivity contribution is 9.10. The molecule has 2 N–H and O–H groups in total. The second-order valence-corrected chi connectivity index (χ2v) is 9.18. The van der Waals surface area contributed by atoms with Gasteiger partial charge in [-0.2, -0.15) is 5.10 Å². The first kappa shape index (κ1) is 25.2. The van der Waals surface area contributed by atoms with E-state index in [4.69, 9.17) is 9.84 Å². The van der Waals surface area contributed by atoms with E-state index in [1.807, 2.05) is 78.9 Å². The zero-order chi connectivity index (χ0) is 25.5. The standard InChI is InChI=1S/C28H27BrN4O3/c1-30-27(34)25(16-20-7-6-10-22(29)15-20)31-28(35)26-17-24(21-8-4-3-5-9-21)32-33(26)18-19-11-13-23(36-2)14-12-19/h3-15,17,25H,16,18H2,1-2H3,(H,30,34)(H,31,35)/t25-/m0/s1. The Kier molecular flexibility index (Phi) is 8.17. The molecule has 0 bridgehead atoms. The summed E-state index contributed by atoms with van der Waals surface area (Å²) in [7, 11) is 3.18. The number of benzene rings is 3. The molecule has 36 heavy (non-hydrogen) atoms. The quantitative estimate of drug-likeness (QED) is 0.324. The molecule has 0 saturated heterocycles. The van der Waals surface area contributed by atoms with Gasteiger partial charge in [-0.3, -0.25) is 14.3 Å². The molecule has 0 aliphatic heterocycles. The summed E-state index contributed by atoms with van der Waals surface area (Å²) in [4.78, 5) is 26.2. The molecular weight excluding hydrogens is 520 g/mol. The fraction of sp³-hybridized carbons (Fsp3) is 0.179. The maximum atomic E-state index is 13.5. The van der Waals surface area contributed by atoms with Crippen LogP contribution in [-0.4, -0.2) is 41.8 Å². The number of likely N-dealkylation sites (N-methyl/N-ethyl adjacent to an activating group) is 1. The molecule has 4 aromatic rings. The lowest BCUT2D eigenvalue weighted by Gasteiger charge is -2.18. The minimum absolute atomic E-state index is 0.271. The number of halogens is 1. The summed E-state index contributed by atoms with van der Waals surface area (Å²) >= 11 is 3.46. The number of ether oxygens (including phenoxy) is 1. The van der Waals surface area contributed by atoms with Crippen molar-refractivity contribution in [2.75, 3.05) is 14.2 Å². The van der Waals surface area contributed by atoms with Crippen LogP contribution in [-0.2, 0) is 17.8 Å². The van der Waals surface area contributed by atoms with Crippen LogP contribution < -0.4 is 15.4 Å². The van der Waals surface area contributed by atoms with Crippen LogP contribution in [0.1, 0.15) is 21.6 Å². The predicted molar refractivity (Wildman–Crippen MR) is 143 cm³/mol. The van der Waals surface area contributed by atoms with Gasteiger partial charge in [0.25, 0.3) is 5.91 Å². The minimum atomic E-state index is -0.749. The number of aromatic nitrogens is 2. The Morgan fingerprint density at radius 1 is 0.972 bits per heavy atom. The fourth-order valence-corrected chi connectivity index (χ4v) is 4.34. The normalized spacial score (nSPS) is 11.5. The van der Waals surface area contributed by atoms with Gasteiger partial charge in [0.2, 0.25) is 5.91 Å². The Morgan fingerprint density at radius 3 is 2.39 bits per heavy atom. The summed E-state index contributed by atoms with van der Waals surface area (Å²) < 4.78 is 7.82. The summed E-state index contributed by atoms with van der Waals surface area (Å²) in [6, 6.07) is 26.0. The topological polar surface area (TPSA) is 85.3 Å². The molecule has 8 heteroatoms. The highest BCUT2D eigenvalue weighted by Gasteiger charge is 2.24. The number of carbonyl (C=O) groups excluding carboxylic acids is 2. The second-order valence-electron chi connectivity index (χ2n) is 8.26. The van der Waals surface area contributed by atoms with Crippen LogP contribution in [0.4, 0.5) is 0 Å². The van der Waals surface area contributed by atoms with Crippen molar-refractivity contribution in [3.63, 3.8) is 0 Å². The minimum Gasteiger partial charge on any atom is -0.497 e. The monoisotopic (exact) mass is 546 g/mol. The van der Waals surface area contributed by atoms with Gasteiger partial charge in [0.15, 0.2) is 0 Å². The summed E-state index contributed by atoms with van der Waals surface area (Å²) in [5.41, 5.74) is 3.84. The number of methoxy groups -OCH3 is 1. The zero-order valence-corrected chi connectivity index (χ0v) is 21.7. The molecule has 0 radical (unpaired) electrons. The third-order valence-electron chi connectivity index (χ3n) is 5.77. The largest absolute Gasteiger partial charge is 0.497 e. The number of rotatable bonds is 9. The van der Waals surface area contributed by atoms with Gasteiger partial charge in [0, 0.05) is 23.5 Å². The van der Waals surface area contributed by atoms with E-state index in [0.29, 0.717) is 24.4 Å². The smallest absolute Gasteiger partial charge is 0.270 e. The summed E-state index contributed by atoms with van der Waals surface area (Å²) in [5, 5.41) is 10.3. The molecule has 3 aromatic carbocycles. The van der Waals surface area contributed by atoms with Crippen molar-refractivity contribution in [3.05, 3.63) is 106 Å². The molecule has 0 saturated carbocycles. The Bertz CT molecular complexity index is 1340. The number of nitrogens with zero attached hydrogens (tertiary/aromatic N) is 2. The summed E-state index contributed by atoms with van der Waals surface area (Å²) in [5.74, 6) is 0.109. The van der Waals surface area contributed by atoms with E-state index < -0.39 is 6.04 Å². The van der Waals surface area contributed by atoms with Crippen molar-refractivity contribution in [1.82, 2.24) is 20.4 Å². The van der Waals surface area contributed by atoms with Crippen molar-refractivity contribution in [3.8, 4) is 17.0 Å². The second kappa shape index (κ2) is 11.7. The van der Waals surface area contributed by atoms with Gasteiger partial charge in [0.1, 0.15) is 17.5 Å². The van der Waals surface area contributed by atoms with Gasteiger partial charge in [-0.05, 0) is 41.5 Å². The molecule has 1 heterocycles. The lowest BCUT2D eigenvalue weighted by Crippen LogP contribution is -2.47. The zero-order valence-electron chi connectivity index (χ0n) is 20.1. The maximum Gasteiger partial charge on any atom is 0.270 e. The van der Waals surface area contributed by atoms with Crippen LogP contribution in [0.2, 0.25) is 0 Å². The predicted octanol–water partition coefficient (Wildman–Crippen LogP) is 4.46. The lowest BCUT2D eigenvalue weighted by molar-refractivity contribution is -0.122. The lowest BCUT2D eigenvalue weighted by atomic mass is 10.0. The van der Waals surface area contributed by atoms with Crippen molar-refractivity contribution < 1.29 is 14.3 Å². The molecule has 4 rings (SSSR count). The highest BCUT2D eigenvalue weighted by Crippen LogP contribution is 2.21. The van der Waals surface area contributed by atoms with Gasteiger partial charge in [-0.25, -0.2) is 0 Å². The van der Waals surface area contributed by atoms with Crippen LogP contribution >= 0.6 is 15.9 Å². The van der Waals surface area contributed by atoms with Crippen LogP contribution in [0.5, 0.6) is 5.75 Å². The van der Waals surface area contributed by atoms with Gasteiger partial charge in [-0.15, -0.1) is 0 Å². The number of hydrogen-bond acceptors (Lipinski definition) is 4. The first-order valence-electron chi connectivity index (χ1n) is 11.5. The van der Waals surface area contributed by atoms with Crippen molar-refractivity contribution in [2.24, 2.45) is 0 Å². The Hall–Kier alpha value is -3.91. The SMILES string of the molecule is CNC(=O)[C@H](Cc1cccc(Br)c1)NC(=O)c1cc(-c2ccccc2)nn1Cc1ccc(OC)cc1. The third-order valence-corrected chi connectivity index (χ3v) is 6.26. The molecule has 0 fully saturated rings. The van der Waals surface area contributed by atoms with E-state index in [1.165, 1.54) is 0 Å². The number of nitrogens with one attached hydrogen (secondary N) is 2. The molecule has 0 unspecified atom stereocenters. The van der Waals surface area contributed by atoms with Gasteiger partial charge < -0.3 is 15.4 Å². The summed E-state index contributed by atoms with van der Waals surface area (Å²) in [6.07, 6.45) is 0.350. The number of carbonyl (C=O) groups is 2. The van der Waals surface area contributed by atoms with Crippen molar-refractivity contribution >= 4 is 27.7 Å². The Morgan fingerprint density at radius 2 is 1.72 bits per heavy atom. The van der Waals surface area contributed by atoms with Crippen molar-refractivity contribution in [2.45, 2.75) is 19.0 Å². The number of hydrogen-bond donors (Lipinski definition) is 2. The molecule has 1 aromatic heterocycles. The Labute approximate surface area is 218 Å². The highest BCUT2D eigenvalue weighted by atomic mass is 79.9. The average molecular weight is 547 g/mol. The molecule has 184 valence electrons. The van der Waals surface area contributed by atoms with Crippen LogP contribution in [0.15, 0.2) is 89.4 Å². The summed E-state index contributed by atoms with van der Waals surface area (Å²) in [6.45, 7) is 0.385. The molecule has 0 aliphatic carbocycles. The molecule has 7 nitrogen and oxygen atoms in total. The third kappa shape index (κ3) is 6.20. The van der Waals surface area contributed by atoms with E-state index >= 15 is 0 Å². The van der Waals surface area contributed by atoms with E-state index in [1.54, 1.807) is 24.9 Å². The van der Waals surface area contributed by atoms with E-state index in [9.17, 15) is 9.59 Å².